The molecule has 0 spiro atoms. The van der Waals surface area contributed by atoms with Crippen LogP contribution in [0.3, 0.4) is 0 Å². The maximum absolute atomic E-state index is 13.0. The molecule has 0 fully saturated rings. The van der Waals surface area contributed by atoms with Crippen molar-refractivity contribution in [1.82, 2.24) is 0 Å². The fourth-order valence-corrected chi connectivity index (χ4v) is 1.92. The van der Waals surface area contributed by atoms with Gasteiger partial charge in [-0.25, -0.2) is 8.78 Å². The fraction of sp³-hybridized carbons (Fsp3) is 0.0769. The van der Waals surface area contributed by atoms with Gasteiger partial charge in [-0.05, 0) is 29.8 Å². The van der Waals surface area contributed by atoms with Crippen LogP contribution in [0, 0.1) is 11.6 Å². The van der Waals surface area contributed by atoms with Crippen LogP contribution in [0.1, 0.15) is 5.56 Å². The van der Waals surface area contributed by atoms with Crippen molar-refractivity contribution in [3.8, 4) is 0 Å². The van der Waals surface area contributed by atoms with Crippen molar-refractivity contribution in [3.63, 3.8) is 0 Å². The number of anilines is 1. The Morgan fingerprint density at radius 3 is 2.33 bits per heavy atom. The quantitative estimate of drug-likeness (QED) is 0.848. The molecule has 2 aromatic rings. The molecule has 18 heavy (non-hydrogen) atoms. The molecule has 0 radical (unpaired) electrons. The maximum atomic E-state index is 13.0. The molecule has 0 bridgehead atoms. The number of benzene rings is 2. The largest absolute Gasteiger partial charge is 0.380 e. The van der Waals surface area contributed by atoms with Gasteiger partial charge in [-0.2, -0.15) is 0 Å². The standard InChI is InChI=1S/C13H9Cl2F2N/c14-11-2-1-3-12(13(11)15)18-7-8-4-9(16)6-10(17)5-8/h1-6,18H,7H2. The van der Waals surface area contributed by atoms with Crippen LogP contribution in [-0.2, 0) is 6.54 Å². The molecule has 0 amide bonds. The van der Waals surface area contributed by atoms with Crippen molar-refractivity contribution in [2.45, 2.75) is 6.54 Å². The average molecular weight is 288 g/mol. The van der Waals surface area contributed by atoms with Gasteiger partial charge in [0.25, 0.3) is 0 Å². The maximum Gasteiger partial charge on any atom is 0.126 e. The normalized spacial score (nSPS) is 10.4. The molecule has 0 aliphatic heterocycles. The molecule has 2 rings (SSSR count). The van der Waals surface area contributed by atoms with Crippen molar-refractivity contribution in [3.05, 3.63) is 63.6 Å². The summed E-state index contributed by atoms with van der Waals surface area (Å²) in [6.45, 7) is 0.259. The van der Waals surface area contributed by atoms with E-state index in [0.29, 0.717) is 21.3 Å². The predicted molar refractivity (Wildman–Crippen MR) is 70.1 cm³/mol. The van der Waals surface area contributed by atoms with Crippen molar-refractivity contribution >= 4 is 28.9 Å². The minimum Gasteiger partial charge on any atom is -0.380 e. The second kappa shape index (κ2) is 5.55. The Kier molecular flexibility index (Phi) is 4.04. The summed E-state index contributed by atoms with van der Waals surface area (Å²) in [6, 6.07) is 8.49. The van der Waals surface area contributed by atoms with E-state index in [1.165, 1.54) is 12.1 Å². The van der Waals surface area contributed by atoms with Crippen molar-refractivity contribution < 1.29 is 8.78 Å². The van der Waals surface area contributed by atoms with Gasteiger partial charge >= 0.3 is 0 Å². The average Bonchev–Trinajstić information content (AvgIpc) is 2.30. The van der Waals surface area contributed by atoms with Crippen molar-refractivity contribution in [1.29, 1.82) is 0 Å². The molecule has 0 unspecified atom stereocenters. The van der Waals surface area contributed by atoms with Crippen LogP contribution in [0.25, 0.3) is 0 Å². The summed E-state index contributed by atoms with van der Waals surface area (Å²) in [5.41, 5.74) is 1.11. The van der Waals surface area contributed by atoms with E-state index in [1.807, 2.05) is 0 Å². The van der Waals surface area contributed by atoms with Crippen molar-refractivity contribution in [2.75, 3.05) is 5.32 Å². The van der Waals surface area contributed by atoms with E-state index in [-0.39, 0.29) is 6.54 Å². The molecule has 0 aliphatic rings. The topological polar surface area (TPSA) is 12.0 Å². The first-order valence-corrected chi connectivity index (χ1v) is 5.95. The molecule has 0 atom stereocenters. The third-order valence-corrected chi connectivity index (χ3v) is 3.18. The molecule has 0 aliphatic carbocycles. The van der Waals surface area contributed by atoms with E-state index in [9.17, 15) is 8.78 Å². The monoisotopic (exact) mass is 287 g/mol. The third kappa shape index (κ3) is 3.12. The van der Waals surface area contributed by atoms with Gasteiger partial charge in [0.05, 0.1) is 15.7 Å². The zero-order valence-electron chi connectivity index (χ0n) is 9.18. The van der Waals surface area contributed by atoms with E-state index < -0.39 is 11.6 Å². The number of rotatable bonds is 3. The van der Waals surface area contributed by atoms with Gasteiger partial charge in [-0.3, -0.25) is 0 Å². The first-order valence-electron chi connectivity index (χ1n) is 5.19. The van der Waals surface area contributed by atoms with Crippen LogP contribution in [0.15, 0.2) is 36.4 Å². The molecular formula is C13H9Cl2F2N. The molecule has 5 heteroatoms. The van der Waals surface area contributed by atoms with Gasteiger partial charge < -0.3 is 5.32 Å². The summed E-state index contributed by atoms with van der Waals surface area (Å²) in [5, 5.41) is 3.78. The highest BCUT2D eigenvalue weighted by Gasteiger charge is 2.05. The lowest BCUT2D eigenvalue weighted by molar-refractivity contribution is 0.580. The Morgan fingerprint density at radius 1 is 1.00 bits per heavy atom. The van der Waals surface area contributed by atoms with Crippen LogP contribution in [-0.4, -0.2) is 0 Å². The smallest absolute Gasteiger partial charge is 0.126 e. The molecule has 0 heterocycles. The molecule has 2 aromatic carbocycles. The number of halogens is 4. The lowest BCUT2D eigenvalue weighted by Gasteiger charge is -2.09. The SMILES string of the molecule is Fc1cc(F)cc(CNc2cccc(Cl)c2Cl)c1. The predicted octanol–water partition coefficient (Wildman–Crippen LogP) is 4.88. The number of nitrogens with one attached hydrogen (secondary N) is 1. The summed E-state index contributed by atoms with van der Waals surface area (Å²) in [5.74, 6) is -1.21. The Hall–Kier alpha value is -1.32. The molecule has 0 aromatic heterocycles. The van der Waals surface area contributed by atoms with Gasteiger partial charge in [0.2, 0.25) is 0 Å². The molecule has 1 nitrogen and oxygen atoms in total. The van der Waals surface area contributed by atoms with E-state index in [1.54, 1.807) is 18.2 Å². The van der Waals surface area contributed by atoms with Crippen LogP contribution in [0.2, 0.25) is 10.0 Å². The van der Waals surface area contributed by atoms with Crippen LogP contribution < -0.4 is 5.32 Å². The van der Waals surface area contributed by atoms with Crippen LogP contribution in [0.5, 0.6) is 0 Å². The zero-order chi connectivity index (χ0) is 13.1. The van der Waals surface area contributed by atoms with Gasteiger partial charge in [0, 0.05) is 12.6 Å². The number of hydrogen-bond donors (Lipinski definition) is 1. The van der Waals surface area contributed by atoms with E-state index in [0.717, 1.165) is 6.07 Å². The minimum absolute atomic E-state index is 0.259. The second-order valence-corrected chi connectivity index (χ2v) is 4.52. The van der Waals surface area contributed by atoms with Crippen LogP contribution >= 0.6 is 23.2 Å². The second-order valence-electron chi connectivity index (χ2n) is 3.73. The first kappa shape index (κ1) is 13.1. The molecule has 1 N–H and O–H groups in total. The van der Waals surface area contributed by atoms with Gasteiger partial charge in [0.1, 0.15) is 11.6 Å². The summed E-state index contributed by atoms with van der Waals surface area (Å²) in [4.78, 5) is 0. The highest BCUT2D eigenvalue weighted by molar-refractivity contribution is 6.43. The summed E-state index contributed by atoms with van der Waals surface area (Å²) >= 11 is 11.8. The Balaban J connectivity index is 2.14. The van der Waals surface area contributed by atoms with E-state index >= 15 is 0 Å². The van der Waals surface area contributed by atoms with Crippen LogP contribution in [0.4, 0.5) is 14.5 Å². The Morgan fingerprint density at radius 2 is 1.67 bits per heavy atom. The van der Waals surface area contributed by atoms with Gasteiger partial charge in [0.15, 0.2) is 0 Å². The van der Waals surface area contributed by atoms with Crippen molar-refractivity contribution in [2.24, 2.45) is 0 Å². The van der Waals surface area contributed by atoms with E-state index in [4.69, 9.17) is 23.2 Å². The fourth-order valence-electron chi connectivity index (χ4n) is 1.55. The summed E-state index contributed by atoms with van der Waals surface area (Å²) < 4.78 is 26.0. The molecular weight excluding hydrogens is 279 g/mol. The molecule has 0 saturated heterocycles. The van der Waals surface area contributed by atoms with E-state index in [2.05, 4.69) is 5.32 Å². The highest BCUT2D eigenvalue weighted by Crippen LogP contribution is 2.29. The number of hydrogen-bond acceptors (Lipinski definition) is 1. The third-order valence-electron chi connectivity index (χ3n) is 2.36. The minimum atomic E-state index is -0.607. The Bertz CT molecular complexity index is 553. The zero-order valence-corrected chi connectivity index (χ0v) is 10.7. The molecule has 0 saturated carbocycles. The Labute approximate surface area is 113 Å². The first-order chi connectivity index (χ1) is 8.56. The highest BCUT2D eigenvalue weighted by atomic mass is 35.5. The lowest BCUT2D eigenvalue weighted by Crippen LogP contribution is -2.01. The summed E-state index contributed by atoms with van der Waals surface area (Å²) in [6.07, 6.45) is 0. The van der Waals surface area contributed by atoms with Gasteiger partial charge in [-0.1, -0.05) is 29.3 Å². The van der Waals surface area contributed by atoms with Gasteiger partial charge in [-0.15, -0.1) is 0 Å². The lowest BCUT2D eigenvalue weighted by atomic mass is 10.2. The molecule has 94 valence electrons. The summed E-state index contributed by atoms with van der Waals surface area (Å²) in [7, 11) is 0.